The largest absolute Gasteiger partial charge is 0.370 e. The molecule has 0 bridgehead atoms. The van der Waals surface area contributed by atoms with Crippen LogP contribution in [0.3, 0.4) is 0 Å². The second-order valence-corrected chi connectivity index (χ2v) is 9.76. The summed E-state index contributed by atoms with van der Waals surface area (Å²) in [7, 11) is -2.34. The molecule has 0 saturated heterocycles. The molecule has 0 aromatic heterocycles. The molecule has 34 heavy (non-hydrogen) atoms. The quantitative estimate of drug-likeness (QED) is 0.546. The maximum atomic E-state index is 13.1. The van der Waals surface area contributed by atoms with Gasteiger partial charge in [-0.15, -0.1) is 0 Å². The van der Waals surface area contributed by atoms with Gasteiger partial charge in [0.05, 0.1) is 27.4 Å². The monoisotopic (exact) mass is 486 g/mol. The molecule has 3 rings (SSSR count). The van der Waals surface area contributed by atoms with Crippen LogP contribution in [0.1, 0.15) is 58.8 Å². The van der Waals surface area contributed by atoms with Crippen molar-refractivity contribution < 1.29 is 22.8 Å². The summed E-state index contributed by atoms with van der Waals surface area (Å²) in [5.74, 6) is -1.39. The summed E-state index contributed by atoms with van der Waals surface area (Å²) in [5.41, 5.74) is 1.64. The molecule has 3 amide bonds. The van der Waals surface area contributed by atoms with Gasteiger partial charge in [-0.05, 0) is 50.2 Å². The van der Waals surface area contributed by atoms with Gasteiger partial charge in [-0.1, -0.05) is 13.8 Å². The highest BCUT2D eigenvalue weighted by Gasteiger charge is 2.33. The van der Waals surface area contributed by atoms with Gasteiger partial charge in [0, 0.05) is 38.8 Å². The van der Waals surface area contributed by atoms with Crippen LogP contribution in [0.15, 0.2) is 41.3 Å². The first kappa shape index (κ1) is 25.4. The summed E-state index contributed by atoms with van der Waals surface area (Å²) in [4.78, 5) is 40.7. The predicted octanol–water partition coefficient (Wildman–Crippen LogP) is 3.04. The summed E-state index contributed by atoms with van der Waals surface area (Å²) >= 11 is 0. The fourth-order valence-electron chi connectivity index (χ4n) is 4.03. The first-order valence-corrected chi connectivity index (χ1v) is 12.7. The van der Waals surface area contributed by atoms with Crippen LogP contribution >= 0.6 is 0 Å². The van der Waals surface area contributed by atoms with Gasteiger partial charge in [0.25, 0.3) is 17.7 Å². The number of nitrogens with zero attached hydrogens (tertiary/aromatic N) is 3. The summed E-state index contributed by atoms with van der Waals surface area (Å²) in [5, 5.41) is 2.82. The maximum Gasteiger partial charge on any atom is 0.261 e. The second kappa shape index (κ2) is 9.94. The predicted molar refractivity (Wildman–Crippen MR) is 131 cm³/mol. The molecule has 2 aromatic rings. The average Bonchev–Trinajstić information content (AvgIpc) is 3.04. The zero-order valence-electron chi connectivity index (χ0n) is 20.1. The number of benzene rings is 2. The highest BCUT2D eigenvalue weighted by Crippen LogP contribution is 2.31. The van der Waals surface area contributed by atoms with Crippen molar-refractivity contribution in [1.82, 2.24) is 9.21 Å². The number of imide groups is 1. The molecule has 1 N–H and O–H groups in total. The fourth-order valence-corrected chi connectivity index (χ4v) is 5.51. The number of carbonyl (C=O) groups is 3. The molecule has 0 aliphatic carbocycles. The molecule has 182 valence electrons. The van der Waals surface area contributed by atoms with Crippen LogP contribution in [0.5, 0.6) is 0 Å². The minimum atomic E-state index is -3.73. The molecule has 10 heteroatoms. The number of anilines is 2. The van der Waals surface area contributed by atoms with Gasteiger partial charge in [-0.2, -0.15) is 4.31 Å². The topological polar surface area (TPSA) is 107 Å². The van der Waals surface area contributed by atoms with E-state index in [1.165, 1.54) is 35.6 Å². The van der Waals surface area contributed by atoms with Crippen molar-refractivity contribution >= 4 is 39.1 Å². The standard InChI is InChI=1S/C24H30N4O5S/c1-6-27(7-2)21-13-11-17(34(32,33)28(8-3)9-4)15-20(21)25-22(29)16-10-12-18-19(14-16)24(31)26(5)23(18)30/h10-15H,6-9H2,1-5H3,(H,25,29). The maximum absolute atomic E-state index is 13.1. The van der Waals surface area contributed by atoms with Gasteiger partial charge in [0.2, 0.25) is 10.0 Å². The van der Waals surface area contributed by atoms with Gasteiger partial charge in [-0.25, -0.2) is 8.42 Å². The van der Waals surface area contributed by atoms with E-state index in [1.807, 2.05) is 18.7 Å². The first-order chi connectivity index (χ1) is 16.1. The molecule has 0 unspecified atom stereocenters. The Morgan fingerprint density at radius 2 is 1.50 bits per heavy atom. The van der Waals surface area contributed by atoms with Crippen molar-refractivity contribution in [3.63, 3.8) is 0 Å². The number of hydrogen-bond acceptors (Lipinski definition) is 6. The third kappa shape index (κ3) is 4.43. The Labute approximate surface area is 200 Å². The van der Waals surface area contributed by atoms with Gasteiger partial charge in [0.15, 0.2) is 0 Å². The highest BCUT2D eigenvalue weighted by molar-refractivity contribution is 7.89. The fraction of sp³-hybridized carbons (Fsp3) is 0.375. The van der Waals surface area contributed by atoms with Crippen LogP contribution in [-0.4, -0.2) is 68.6 Å². The molecule has 0 spiro atoms. The Kier molecular flexibility index (Phi) is 7.42. The van der Waals surface area contributed by atoms with E-state index in [2.05, 4.69) is 5.32 Å². The minimum absolute atomic E-state index is 0.0822. The van der Waals surface area contributed by atoms with Crippen LogP contribution in [0.25, 0.3) is 0 Å². The molecule has 0 fully saturated rings. The zero-order chi connectivity index (χ0) is 25.2. The number of rotatable bonds is 9. The van der Waals surface area contributed by atoms with Gasteiger partial charge in [0.1, 0.15) is 0 Å². The van der Waals surface area contributed by atoms with Crippen LogP contribution in [-0.2, 0) is 10.0 Å². The Balaban J connectivity index is 2.03. The van der Waals surface area contributed by atoms with Gasteiger partial charge in [-0.3, -0.25) is 19.3 Å². The summed E-state index contributed by atoms with van der Waals surface area (Å²) in [6, 6.07) is 9.04. The lowest BCUT2D eigenvalue weighted by Crippen LogP contribution is -2.31. The number of carbonyl (C=O) groups excluding carboxylic acids is 3. The molecule has 1 aliphatic rings. The van der Waals surface area contributed by atoms with E-state index in [0.29, 0.717) is 37.6 Å². The number of nitrogens with one attached hydrogen (secondary N) is 1. The normalized spacial score (nSPS) is 13.4. The Morgan fingerprint density at radius 1 is 0.882 bits per heavy atom. The van der Waals surface area contributed by atoms with E-state index in [0.717, 1.165) is 4.90 Å². The first-order valence-electron chi connectivity index (χ1n) is 11.3. The van der Waals surface area contributed by atoms with Crippen LogP contribution < -0.4 is 10.2 Å². The van der Waals surface area contributed by atoms with E-state index in [1.54, 1.807) is 26.0 Å². The average molecular weight is 487 g/mol. The van der Waals surface area contributed by atoms with E-state index < -0.39 is 27.7 Å². The summed E-state index contributed by atoms with van der Waals surface area (Å²) < 4.78 is 27.5. The molecule has 0 radical (unpaired) electrons. The lowest BCUT2D eigenvalue weighted by molar-refractivity contribution is 0.0693. The van der Waals surface area contributed by atoms with E-state index in [-0.39, 0.29) is 21.6 Å². The van der Waals surface area contributed by atoms with Crippen molar-refractivity contribution in [1.29, 1.82) is 0 Å². The smallest absolute Gasteiger partial charge is 0.261 e. The minimum Gasteiger partial charge on any atom is -0.370 e. The highest BCUT2D eigenvalue weighted by atomic mass is 32.2. The molecular formula is C24H30N4O5S. The van der Waals surface area contributed by atoms with Crippen LogP contribution in [0.4, 0.5) is 11.4 Å². The molecule has 2 aromatic carbocycles. The van der Waals surface area contributed by atoms with Crippen molar-refractivity contribution in [3.8, 4) is 0 Å². The number of amides is 3. The van der Waals surface area contributed by atoms with E-state index >= 15 is 0 Å². The van der Waals surface area contributed by atoms with Crippen molar-refractivity contribution in [2.75, 3.05) is 43.4 Å². The van der Waals surface area contributed by atoms with E-state index in [9.17, 15) is 22.8 Å². The third-order valence-electron chi connectivity index (χ3n) is 6.02. The molecule has 0 saturated carbocycles. The molecule has 0 atom stereocenters. The Bertz CT molecular complexity index is 1230. The van der Waals surface area contributed by atoms with Crippen LogP contribution in [0, 0.1) is 0 Å². The summed E-state index contributed by atoms with van der Waals surface area (Å²) in [6.45, 7) is 9.44. The lowest BCUT2D eigenvalue weighted by atomic mass is 10.1. The van der Waals surface area contributed by atoms with Gasteiger partial charge < -0.3 is 10.2 Å². The number of fused-ring (bicyclic) bond motifs is 1. The number of sulfonamides is 1. The van der Waals surface area contributed by atoms with Crippen molar-refractivity contribution in [2.24, 2.45) is 0 Å². The molecule has 1 aliphatic heterocycles. The van der Waals surface area contributed by atoms with Crippen molar-refractivity contribution in [3.05, 3.63) is 53.1 Å². The molecular weight excluding hydrogens is 456 g/mol. The lowest BCUT2D eigenvalue weighted by Gasteiger charge is -2.26. The van der Waals surface area contributed by atoms with E-state index in [4.69, 9.17) is 0 Å². The Hall–Kier alpha value is -3.24. The van der Waals surface area contributed by atoms with Crippen molar-refractivity contribution in [2.45, 2.75) is 32.6 Å². The summed E-state index contributed by atoms with van der Waals surface area (Å²) in [6.07, 6.45) is 0. The third-order valence-corrected chi connectivity index (χ3v) is 8.06. The van der Waals surface area contributed by atoms with Crippen LogP contribution in [0.2, 0.25) is 0 Å². The molecule has 1 heterocycles. The molecule has 9 nitrogen and oxygen atoms in total. The SMILES string of the molecule is CCN(CC)c1ccc(S(=O)(=O)N(CC)CC)cc1NC(=O)c1ccc2c(c1)C(=O)N(C)C2=O. The zero-order valence-corrected chi connectivity index (χ0v) is 20.9. The Morgan fingerprint density at radius 3 is 2.09 bits per heavy atom. The van der Waals surface area contributed by atoms with Gasteiger partial charge >= 0.3 is 0 Å². The second-order valence-electron chi connectivity index (χ2n) is 7.82. The number of hydrogen-bond donors (Lipinski definition) is 1.